The summed E-state index contributed by atoms with van der Waals surface area (Å²) in [5.41, 5.74) is 0. The van der Waals surface area contributed by atoms with Crippen molar-refractivity contribution in [3.05, 3.63) is 0 Å². The fourth-order valence-electron chi connectivity index (χ4n) is 1.86. The van der Waals surface area contributed by atoms with Crippen molar-refractivity contribution in [2.75, 3.05) is 26.2 Å². The van der Waals surface area contributed by atoms with Gasteiger partial charge >= 0.3 is 0 Å². The topological polar surface area (TPSA) is 35.5 Å². The highest BCUT2D eigenvalue weighted by molar-refractivity contribution is 4.74. The van der Waals surface area contributed by atoms with Gasteiger partial charge in [0, 0.05) is 25.2 Å². The van der Waals surface area contributed by atoms with Gasteiger partial charge in [-0.3, -0.25) is 4.90 Å². The summed E-state index contributed by atoms with van der Waals surface area (Å²) >= 11 is 0. The minimum atomic E-state index is 0.274. The molecule has 0 saturated heterocycles. The molecule has 0 radical (unpaired) electrons. The number of hydrogen-bond donors (Lipinski definition) is 2. The lowest BCUT2D eigenvalue weighted by molar-refractivity contribution is 0.174. The molecule has 0 aliphatic rings. The number of rotatable bonds is 9. The van der Waals surface area contributed by atoms with E-state index in [9.17, 15) is 0 Å². The molecule has 92 valence electrons. The summed E-state index contributed by atoms with van der Waals surface area (Å²) in [6.07, 6.45) is 2.03. The maximum atomic E-state index is 8.99. The molecule has 0 spiro atoms. The van der Waals surface area contributed by atoms with Crippen LogP contribution in [0.3, 0.4) is 0 Å². The maximum Gasteiger partial charge on any atom is 0.0446 e. The van der Waals surface area contributed by atoms with Crippen molar-refractivity contribution in [1.29, 1.82) is 0 Å². The van der Waals surface area contributed by atoms with Crippen LogP contribution in [0.1, 0.15) is 40.5 Å². The van der Waals surface area contributed by atoms with Crippen LogP contribution in [0.5, 0.6) is 0 Å². The van der Waals surface area contributed by atoms with Crippen LogP contribution in [0.15, 0.2) is 0 Å². The van der Waals surface area contributed by atoms with E-state index >= 15 is 0 Å². The van der Waals surface area contributed by atoms with E-state index in [1.807, 2.05) is 0 Å². The van der Waals surface area contributed by atoms with Gasteiger partial charge in [-0.2, -0.15) is 0 Å². The average molecular weight is 216 g/mol. The summed E-state index contributed by atoms with van der Waals surface area (Å²) in [7, 11) is 0. The van der Waals surface area contributed by atoms with Crippen molar-refractivity contribution in [1.82, 2.24) is 10.2 Å². The number of nitrogens with one attached hydrogen (secondary N) is 1. The quantitative estimate of drug-likeness (QED) is 0.612. The van der Waals surface area contributed by atoms with Crippen molar-refractivity contribution < 1.29 is 5.11 Å². The predicted molar refractivity (Wildman–Crippen MR) is 66.2 cm³/mol. The Morgan fingerprint density at radius 3 is 2.33 bits per heavy atom. The van der Waals surface area contributed by atoms with Crippen molar-refractivity contribution in [2.24, 2.45) is 0 Å². The normalized spacial score (nSPS) is 15.6. The van der Waals surface area contributed by atoms with Gasteiger partial charge in [0.2, 0.25) is 0 Å². The molecule has 15 heavy (non-hydrogen) atoms. The highest BCUT2D eigenvalue weighted by atomic mass is 16.3. The zero-order chi connectivity index (χ0) is 11.7. The first-order chi connectivity index (χ1) is 7.19. The van der Waals surface area contributed by atoms with Gasteiger partial charge in [0.25, 0.3) is 0 Å². The van der Waals surface area contributed by atoms with E-state index in [-0.39, 0.29) is 6.61 Å². The minimum absolute atomic E-state index is 0.274. The molecule has 0 aromatic carbocycles. The molecule has 0 saturated carbocycles. The molecule has 0 bridgehead atoms. The predicted octanol–water partition coefficient (Wildman–Crippen LogP) is 1.47. The second-order valence-corrected chi connectivity index (χ2v) is 4.11. The first kappa shape index (κ1) is 14.9. The Morgan fingerprint density at radius 2 is 1.93 bits per heavy atom. The molecule has 3 nitrogen and oxygen atoms in total. The van der Waals surface area contributed by atoms with Gasteiger partial charge in [0.05, 0.1) is 0 Å². The third-order valence-corrected chi connectivity index (χ3v) is 3.05. The molecule has 2 atom stereocenters. The highest BCUT2D eigenvalue weighted by Crippen LogP contribution is 2.05. The minimum Gasteiger partial charge on any atom is -0.396 e. The number of aliphatic hydroxyl groups is 1. The summed E-state index contributed by atoms with van der Waals surface area (Å²) in [4.78, 5) is 2.48. The van der Waals surface area contributed by atoms with E-state index in [0.29, 0.717) is 12.1 Å². The molecule has 2 unspecified atom stereocenters. The van der Waals surface area contributed by atoms with Crippen LogP contribution in [0, 0.1) is 0 Å². The SMILES string of the molecule is CCNC(CCO)CN(CC)C(C)CC. The van der Waals surface area contributed by atoms with E-state index in [1.165, 1.54) is 6.42 Å². The highest BCUT2D eigenvalue weighted by Gasteiger charge is 2.15. The summed E-state index contributed by atoms with van der Waals surface area (Å²) in [5.74, 6) is 0. The van der Waals surface area contributed by atoms with Crippen LogP contribution in [0.4, 0.5) is 0 Å². The molecular formula is C12H28N2O. The summed E-state index contributed by atoms with van der Waals surface area (Å²) in [6, 6.07) is 1.06. The summed E-state index contributed by atoms with van der Waals surface area (Å²) in [5, 5.41) is 12.4. The average Bonchev–Trinajstić information content (AvgIpc) is 2.25. The first-order valence-corrected chi connectivity index (χ1v) is 6.27. The van der Waals surface area contributed by atoms with Crippen LogP contribution in [-0.4, -0.2) is 48.3 Å². The van der Waals surface area contributed by atoms with Gasteiger partial charge in [-0.05, 0) is 32.9 Å². The fourth-order valence-corrected chi connectivity index (χ4v) is 1.86. The largest absolute Gasteiger partial charge is 0.396 e. The van der Waals surface area contributed by atoms with E-state index in [1.54, 1.807) is 0 Å². The second kappa shape index (κ2) is 9.13. The fraction of sp³-hybridized carbons (Fsp3) is 1.00. The lowest BCUT2D eigenvalue weighted by Crippen LogP contribution is -2.44. The molecule has 0 aromatic rings. The Bertz CT molecular complexity index is 136. The van der Waals surface area contributed by atoms with E-state index in [2.05, 4.69) is 37.9 Å². The van der Waals surface area contributed by atoms with Crippen LogP contribution in [-0.2, 0) is 0 Å². The smallest absolute Gasteiger partial charge is 0.0446 e. The molecule has 0 aromatic heterocycles. The number of aliphatic hydroxyl groups excluding tert-OH is 1. The van der Waals surface area contributed by atoms with Crippen LogP contribution in [0.2, 0.25) is 0 Å². The third kappa shape index (κ3) is 6.13. The van der Waals surface area contributed by atoms with Gasteiger partial charge < -0.3 is 10.4 Å². The van der Waals surface area contributed by atoms with Gasteiger partial charge in [-0.15, -0.1) is 0 Å². The Kier molecular flexibility index (Phi) is 9.06. The molecule has 0 amide bonds. The van der Waals surface area contributed by atoms with Crippen LogP contribution >= 0.6 is 0 Å². The van der Waals surface area contributed by atoms with Crippen molar-refractivity contribution >= 4 is 0 Å². The molecule has 0 rings (SSSR count). The third-order valence-electron chi connectivity index (χ3n) is 3.05. The molecule has 0 aliphatic heterocycles. The molecule has 3 heteroatoms. The summed E-state index contributed by atoms with van der Waals surface area (Å²) < 4.78 is 0. The second-order valence-electron chi connectivity index (χ2n) is 4.11. The Hall–Kier alpha value is -0.120. The standard InChI is InChI=1S/C12H28N2O/c1-5-11(4)14(7-3)10-12(8-9-15)13-6-2/h11-13,15H,5-10H2,1-4H3. The molecular weight excluding hydrogens is 188 g/mol. The van der Waals surface area contributed by atoms with Crippen LogP contribution in [0.25, 0.3) is 0 Å². The number of nitrogens with zero attached hydrogens (tertiary/aromatic N) is 1. The molecule has 0 heterocycles. The van der Waals surface area contributed by atoms with Gasteiger partial charge in [0.1, 0.15) is 0 Å². The van der Waals surface area contributed by atoms with E-state index < -0.39 is 0 Å². The van der Waals surface area contributed by atoms with Crippen molar-refractivity contribution in [3.63, 3.8) is 0 Å². The van der Waals surface area contributed by atoms with Gasteiger partial charge in [-0.25, -0.2) is 0 Å². The van der Waals surface area contributed by atoms with Gasteiger partial charge in [-0.1, -0.05) is 20.8 Å². The summed E-state index contributed by atoms with van der Waals surface area (Å²) in [6.45, 7) is 12.2. The zero-order valence-corrected chi connectivity index (χ0v) is 10.8. The Morgan fingerprint density at radius 1 is 1.27 bits per heavy atom. The lowest BCUT2D eigenvalue weighted by atomic mass is 10.1. The molecule has 0 aliphatic carbocycles. The maximum absolute atomic E-state index is 8.99. The van der Waals surface area contributed by atoms with Gasteiger partial charge in [0.15, 0.2) is 0 Å². The van der Waals surface area contributed by atoms with E-state index in [4.69, 9.17) is 5.11 Å². The van der Waals surface area contributed by atoms with Crippen molar-refractivity contribution in [3.8, 4) is 0 Å². The van der Waals surface area contributed by atoms with E-state index in [0.717, 1.165) is 26.1 Å². The van der Waals surface area contributed by atoms with Crippen molar-refractivity contribution in [2.45, 2.75) is 52.6 Å². The van der Waals surface area contributed by atoms with Crippen LogP contribution < -0.4 is 5.32 Å². The zero-order valence-electron chi connectivity index (χ0n) is 10.8. The number of hydrogen-bond acceptors (Lipinski definition) is 3. The Balaban J connectivity index is 4.08. The Labute approximate surface area is 94.9 Å². The number of likely N-dealkylation sites (N-methyl/N-ethyl adjacent to an activating group) is 2. The lowest BCUT2D eigenvalue weighted by Gasteiger charge is -2.31. The molecule has 2 N–H and O–H groups in total. The monoisotopic (exact) mass is 216 g/mol. The first-order valence-electron chi connectivity index (χ1n) is 6.27. The molecule has 0 fully saturated rings.